The summed E-state index contributed by atoms with van der Waals surface area (Å²) in [4.78, 5) is 12.9. The number of allylic oxidation sites excluding steroid dienone is 1. The Hall–Kier alpha value is -4.08. The number of hydrogen-bond acceptors (Lipinski definition) is 5. The summed E-state index contributed by atoms with van der Waals surface area (Å²) in [6.45, 7) is 0. The fourth-order valence-corrected chi connectivity index (χ4v) is 4.24. The van der Waals surface area contributed by atoms with Gasteiger partial charge in [0.1, 0.15) is 17.3 Å². The summed E-state index contributed by atoms with van der Waals surface area (Å²) in [5.74, 6) is 0.372. The molecule has 4 aromatic carbocycles. The van der Waals surface area contributed by atoms with Gasteiger partial charge in [0.05, 0.1) is 0 Å². The molecule has 164 valence electrons. The van der Waals surface area contributed by atoms with Gasteiger partial charge in [-0.2, -0.15) is 4.57 Å². The summed E-state index contributed by atoms with van der Waals surface area (Å²) >= 11 is 0. The van der Waals surface area contributed by atoms with Crippen molar-refractivity contribution in [2.45, 2.75) is 0 Å². The van der Waals surface area contributed by atoms with Gasteiger partial charge in [-0.3, -0.25) is 4.79 Å². The highest BCUT2D eigenvalue weighted by molar-refractivity contribution is 7.49. The van der Waals surface area contributed by atoms with Gasteiger partial charge in [0.2, 0.25) is 0 Å². The number of para-hydroxylation sites is 2. The first-order valence-electron chi connectivity index (χ1n) is 10.3. The normalized spacial score (nSPS) is 11.5. The van der Waals surface area contributed by atoms with Gasteiger partial charge in [-0.05, 0) is 24.3 Å². The van der Waals surface area contributed by atoms with E-state index in [1.165, 1.54) is 6.08 Å². The van der Waals surface area contributed by atoms with Gasteiger partial charge in [-0.15, -0.1) is 0 Å². The lowest BCUT2D eigenvalue weighted by Crippen LogP contribution is -2.06. The highest BCUT2D eigenvalue weighted by atomic mass is 31.2. The number of benzene rings is 4. The quantitative estimate of drug-likeness (QED) is 0.115. The Morgan fingerprint density at radius 3 is 1.42 bits per heavy atom. The number of phosphoric acid groups is 1. The van der Waals surface area contributed by atoms with Crippen LogP contribution in [-0.4, -0.2) is 5.78 Å². The molecule has 0 unspecified atom stereocenters. The molecule has 0 atom stereocenters. The molecule has 0 bridgehead atoms. The maximum absolute atomic E-state index is 13.8. The van der Waals surface area contributed by atoms with Gasteiger partial charge >= 0.3 is 7.82 Å². The van der Waals surface area contributed by atoms with Crippen LogP contribution in [0.4, 0.5) is 0 Å². The standard InChI is InChI=1S/C27H21O5P/c28-26(22-13-5-1-6-14-22)21-27(23-15-7-2-8-16-23)32-33(29,30-24-17-9-3-10-18-24)31-25-19-11-4-12-20-25/h1-21H. The zero-order valence-corrected chi connectivity index (χ0v) is 18.5. The zero-order valence-electron chi connectivity index (χ0n) is 17.6. The molecule has 6 heteroatoms. The second-order valence-electron chi connectivity index (χ2n) is 6.95. The van der Waals surface area contributed by atoms with E-state index in [2.05, 4.69) is 0 Å². The van der Waals surface area contributed by atoms with Crippen LogP contribution >= 0.6 is 7.82 Å². The van der Waals surface area contributed by atoms with E-state index in [1.54, 1.807) is 97.1 Å². The van der Waals surface area contributed by atoms with Crippen LogP contribution in [0, 0.1) is 0 Å². The number of ketones is 1. The Morgan fingerprint density at radius 1 is 0.576 bits per heavy atom. The average molecular weight is 456 g/mol. The predicted molar refractivity (Wildman–Crippen MR) is 128 cm³/mol. The monoisotopic (exact) mass is 456 g/mol. The predicted octanol–water partition coefficient (Wildman–Crippen LogP) is 7.19. The Labute approximate surface area is 192 Å². The molecule has 0 heterocycles. The maximum atomic E-state index is 13.8. The lowest BCUT2D eigenvalue weighted by Gasteiger charge is -2.21. The zero-order chi connectivity index (χ0) is 22.9. The molecule has 0 fully saturated rings. The van der Waals surface area contributed by atoms with Crippen molar-refractivity contribution in [3.63, 3.8) is 0 Å². The molecule has 4 rings (SSSR count). The van der Waals surface area contributed by atoms with Crippen LogP contribution in [0.25, 0.3) is 5.76 Å². The molecule has 0 radical (unpaired) electrons. The Morgan fingerprint density at radius 2 is 0.970 bits per heavy atom. The van der Waals surface area contributed by atoms with Crippen LogP contribution in [0.2, 0.25) is 0 Å². The van der Waals surface area contributed by atoms with Crippen molar-refractivity contribution in [1.29, 1.82) is 0 Å². The molecule has 0 saturated carbocycles. The summed E-state index contributed by atoms with van der Waals surface area (Å²) in [7, 11) is -4.25. The SMILES string of the molecule is O=C(C=C(OP(=O)(Oc1ccccc1)Oc1ccccc1)c1ccccc1)c1ccccc1. The highest BCUT2D eigenvalue weighted by Crippen LogP contribution is 2.52. The van der Waals surface area contributed by atoms with Crippen molar-refractivity contribution >= 4 is 19.4 Å². The fourth-order valence-electron chi connectivity index (χ4n) is 2.97. The van der Waals surface area contributed by atoms with Crippen molar-refractivity contribution in [3.8, 4) is 11.5 Å². The van der Waals surface area contributed by atoms with Crippen LogP contribution in [0.1, 0.15) is 15.9 Å². The van der Waals surface area contributed by atoms with E-state index in [9.17, 15) is 9.36 Å². The van der Waals surface area contributed by atoms with Crippen molar-refractivity contribution in [1.82, 2.24) is 0 Å². The molecule has 0 N–H and O–H groups in total. The summed E-state index contributed by atoms with van der Waals surface area (Å²) in [5, 5.41) is 0. The Bertz CT molecular complexity index is 1210. The van der Waals surface area contributed by atoms with Gasteiger partial charge in [0.15, 0.2) is 5.78 Å². The summed E-state index contributed by atoms with van der Waals surface area (Å²) < 4.78 is 31.1. The third-order valence-electron chi connectivity index (χ3n) is 4.51. The third kappa shape index (κ3) is 6.22. The molecular weight excluding hydrogens is 435 g/mol. The van der Waals surface area contributed by atoms with Crippen LogP contribution in [0.15, 0.2) is 127 Å². The second-order valence-corrected chi connectivity index (χ2v) is 8.39. The molecule has 0 aliphatic rings. The molecule has 4 aromatic rings. The molecule has 33 heavy (non-hydrogen) atoms. The number of hydrogen-bond donors (Lipinski definition) is 0. The van der Waals surface area contributed by atoms with E-state index in [1.807, 2.05) is 24.3 Å². The van der Waals surface area contributed by atoms with E-state index in [0.29, 0.717) is 22.6 Å². The topological polar surface area (TPSA) is 61.8 Å². The lowest BCUT2D eigenvalue weighted by atomic mass is 10.1. The average Bonchev–Trinajstić information content (AvgIpc) is 2.86. The van der Waals surface area contributed by atoms with Crippen molar-refractivity contribution in [2.75, 3.05) is 0 Å². The molecule has 0 saturated heterocycles. The minimum atomic E-state index is -4.25. The number of phosphoric ester groups is 1. The first-order chi connectivity index (χ1) is 16.1. The van der Waals surface area contributed by atoms with E-state index >= 15 is 0 Å². The van der Waals surface area contributed by atoms with Gasteiger partial charge in [-0.25, -0.2) is 0 Å². The fraction of sp³-hybridized carbons (Fsp3) is 0. The Kier molecular flexibility index (Phi) is 7.03. The van der Waals surface area contributed by atoms with Crippen LogP contribution in [0.3, 0.4) is 0 Å². The second kappa shape index (κ2) is 10.5. The number of rotatable bonds is 9. The summed E-state index contributed by atoms with van der Waals surface area (Å²) in [6, 6.07) is 34.9. The van der Waals surface area contributed by atoms with Crippen LogP contribution in [0.5, 0.6) is 11.5 Å². The molecule has 5 nitrogen and oxygen atoms in total. The van der Waals surface area contributed by atoms with Gasteiger partial charge in [-0.1, -0.05) is 97.1 Å². The smallest absolute Gasteiger partial charge is 0.386 e. The molecule has 0 aliphatic carbocycles. The van der Waals surface area contributed by atoms with E-state index in [0.717, 1.165) is 0 Å². The molecular formula is C27H21O5P. The van der Waals surface area contributed by atoms with Crippen molar-refractivity contribution in [3.05, 3.63) is 139 Å². The summed E-state index contributed by atoms with van der Waals surface area (Å²) in [6.07, 6.45) is 1.29. The lowest BCUT2D eigenvalue weighted by molar-refractivity contribution is 0.104. The highest BCUT2D eigenvalue weighted by Gasteiger charge is 2.34. The first kappa shape index (κ1) is 22.1. The minimum absolute atomic E-state index is 0.0691. The van der Waals surface area contributed by atoms with Crippen LogP contribution in [-0.2, 0) is 9.09 Å². The number of carbonyl (C=O) groups excluding carboxylic acids is 1. The maximum Gasteiger partial charge on any atom is 0.647 e. The Balaban J connectivity index is 1.72. The van der Waals surface area contributed by atoms with Crippen molar-refractivity contribution in [2.24, 2.45) is 0 Å². The van der Waals surface area contributed by atoms with Crippen molar-refractivity contribution < 1.29 is 22.9 Å². The molecule has 0 spiro atoms. The van der Waals surface area contributed by atoms with Gasteiger partial charge < -0.3 is 13.6 Å². The third-order valence-corrected chi connectivity index (χ3v) is 5.80. The largest absolute Gasteiger partial charge is 0.647 e. The first-order valence-corrected chi connectivity index (χ1v) is 11.7. The van der Waals surface area contributed by atoms with Gasteiger partial charge in [0.25, 0.3) is 0 Å². The van der Waals surface area contributed by atoms with E-state index < -0.39 is 7.82 Å². The molecule has 0 aromatic heterocycles. The van der Waals surface area contributed by atoms with E-state index in [4.69, 9.17) is 13.6 Å². The van der Waals surface area contributed by atoms with E-state index in [-0.39, 0.29) is 11.5 Å². The number of carbonyl (C=O) groups is 1. The minimum Gasteiger partial charge on any atom is -0.386 e. The molecule has 0 aliphatic heterocycles. The molecule has 0 amide bonds. The summed E-state index contributed by atoms with van der Waals surface area (Å²) in [5.41, 5.74) is 1.02. The van der Waals surface area contributed by atoms with Gasteiger partial charge in [0, 0.05) is 17.2 Å². The van der Waals surface area contributed by atoms with Crippen LogP contribution < -0.4 is 9.05 Å².